The maximum absolute atomic E-state index is 12.6. The Kier molecular flexibility index (Phi) is 6.14. The summed E-state index contributed by atoms with van der Waals surface area (Å²) in [7, 11) is 0.547. The number of hydrogen-bond acceptors (Lipinski definition) is 6. The molecular formula is C21H24N2O6S. The van der Waals surface area contributed by atoms with Crippen molar-refractivity contribution in [1.29, 1.82) is 0 Å². The molecule has 9 heteroatoms. The Hall–Kier alpha value is -2.91. The molecular weight excluding hydrogens is 408 g/mol. The fourth-order valence-electron chi connectivity index (χ4n) is 3.10. The Morgan fingerprint density at radius 1 is 1.10 bits per heavy atom. The molecule has 30 heavy (non-hydrogen) atoms. The number of benzene rings is 2. The number of amides is 1. The number of carbonyl (C=O) groups is 2. The van der Waals surface area contributed by atoms with Crippen LogP contribution in [0.5, 0.6) is 5.75 Å². The summed E-state index contributed by atoms with van der Waals surface area (Å²) in [6, 6.07) is 13.5. The molecule has 0 aromatic heterocycles. The highest BCUT2D eigenvalue weighted by atomic mass is 32.2. The Bertz CT molecular complexity index is 1050. The number of ether oxygens (including phenoxy) is 2. The van der Waals surface area contributed by atoms with Crippen LogP contribution in [-0.2, 0) is 29.8 Å². The highest BCUT2D eigenvalue weighted by Crippen LogP contribution is 2.49. The van der Waals surface area contributed by atoms with Crippen molar-refractivity contribution in [1.82, 2.24) is 4.31 Å². The van der Waals surface area contributed by atoms with Crippen molar-refractivity contribution in [2.45, 2.75) is 23.2 Å². The number of sulfonamides is 1. The third-order valence-electron chi connectivity index (χ3n) is 5.03. The Labute approximate surface area is 175 Å². The molecule has 3 rings (SSSR count). The standard InChI is InChI=1S/C21H24N2O6S/c1-23(2)30(26,27)16-9-10-18(28-3)17(13-16)22-19(24)14-29-20(25)21(11-12-21)15-7-5-4-6-8-15/h4-10,13H,11-12,14H2,1-3H3,(H,22,24). The average molecular weight is 432 g/mol. The third-order valence-corrected chi connectivity index (χ3v) is 6.84. The summed E-state index contributed by atoms with van der Waals surface area (Å²) >= 11 is 0. The van der Waals surface area contributed by atoms with Crippen molar-refractivity contribution in [3.8, 4) is 5.75 Å². The number of anilines is 1. The minimum atomic E-state index is -3.69. The second kappa shape index (κ2) is 8.45. The van der Waals surface area contributed by atoms with Crippen LogP contribution in [-0.4, -0.2) is 52.4 Å². The number of carbonyl (C=O) groups excluding carboxylic acids is 2. The van der Waals surface area contributed by atoms with Crippen LogP contribution in [0, 0.1) is 0 Å². The predicted molar refractivity (Wildman–Crippen MR) is 111 cm³/mol. The van der Waals surface area contributed by atoms with Gasteiger partial charge in [0.2, 0.25) is 10.0 Å². The van der Waals surface area contributed by atoms with E-state index in [1.807, 2.05) is 30.3 Å². The highest BCUT2D eigenvalue weighted by Gasteiger charge is 2.52. The molecule has 0 unspecified atom stereocenters. The van der Waals surface area contributed by atoms with Gasteiger partial charge in [-0.1, -0.05) is 30.3 Å². The summed E-state index contributed by atoms with van der Waals surface area (Å²) in [6.07, 6.45) is 1.35. The van der Waals surface area contributed by atoms with Gasteiger partial charge in [-0.25, -0.2) is 12.7 Å². The molecule has 8 nitrogen and oxygen atoms in total. The van der Waals surface area contributed by atoms with Crippen LogP contribution in [0.1, 0.15) is 18.4 Å². The van der Waals surface area contributed by atoms with Gasteiger partial charge in [-0.3, -0.25) is 9.59 Å². The normalized spacial score (nSPS) is 14.8. The first-order valence-corrected chi connectivity index (χ1v) is 10.8. The number of methoxy groups -OCH3 is 1. The fourth-order valence-corrected chi connectivity index (χ4v) is 4.03. The van der Waals surface area contributed by atoms with Gasteiger partial charge in [-0.05, 0) is 36.6 Å². The summed E-state index contributed by atoms with van der Waals surface area (Å²) < 4.78 is 36.2. The second-order valence-electron chi connectivity index (χ2n) is 7.22. The number of nitrogens with zero attached hydrogens (tertiary/aromatic N) is 1. The van der Waals surface area contributed by atoms with Crippen LogP contribution < -0.4 is 10.1 Å². The molecule has 1 fully saturated rings. The van der Waals surface area contributed by atoms with Crippen molar-refractivity contribution in [3.05, 3.63) is 54.1 Å². The zero-order valence-electron chi connectivity index (χ0n) is 17.0. The van der Waals surface area contributed by atoms with Gasteiger partial charge >= 0.3 is 5.97 Å². The van der Waals surface area contributed by atoms with Crippen molar-refractivity contribution in [2.24, 2.45) is 0 Å². The first-order valence-electron chi connectivity index (χ1n) is 9.34. The molecule has 2 aromatic rings. The molecule has 0 atom stereocenters. The Morgan fingerprint density at radius 3 is 2.33 bits per heavy atom. The lowest BCUT2D eigenvalue weighted by Crippen LogP contribution is -2.28. The molecule has 0 bridgehead atoms. The van der Waals surface area contributed by atoms with Gasteiger partial charge < -0.3 is 14.8 Å². The zero-order valence-corrected chi connectivity index (χ0v) is 17.9. The average Bonchev–Trinajstić information content (AvgIpc) is 3.54. The lowest BCUT2D eigenvalue weighted by molar-refractivity contribution is -0.150. The van der Waals surface area contributed by atoms with E-state index in [4.69, 9.17) is 9.47 Å². The molecule has 1 saturated carbocycles. The Morgan fingerprint density at radius 2 is 1.77 bits per heavy atom. The molecule has 0 saturated heterocycles. The van der Waals surface area contributed by atoms with Crippen molar-refractivity contribution in [2.75, 3.05) is 33.1 Å². The molecule has 1 aliphatic carbocycles. The smallest absolute Gasteiger partial charge is 0.317 e. The molecule has 0 aliphatic heterocycles. The van der Waals surface area contributed by atoms with Gasteiger partial charge in [0.15, 0.2) is 6.61 Å². The van der Waals surface area contributed by atoms with Crippen LogP contribution in [0.15, 0.2) is 53.4 Å². The lowest BCUT2D eigenvalue weighted by atomic mass is 9.96. The predicted octanol–water partition coefficient (Wildman–Crippen LogP) is 2.16. The number of hydrogen-bond donors (Lipinski definition) is 1. The Balaban J connectivity index is 1.68. The van der Waals surface area contributed by atoms with Crippen molar-refractivity contribution in [3.63, 3.8) is 0 Å². The van der Waals surface area contributed by atoms with E-state index >= 15 is 0 Å². The van der Waals surface area contributed by atoms with Crippen LogP contribution in [0.2, 0.25) is 0 Å². The minimum Gasteiger partial charge on any atom is -0.495 e. The van der Waals surface area contributed by atoms with E-state index in [0.29, 0.717) is 12.8 Å². The van der Waals surface area contributed by atoms with Crippen LogP contribution in [0.4, 0.5) is 5.69 Å². The van der Waals surface area contributed by atoms with Gasteiger partial charge in [0.25, 0.3) is 5.91 Å². The van der Waals surface area contributed by atoms with Crippen LogP contribution in [0.3, 0.4) is 0 Å². The maximum Gasteiger partial charge on any atom is 0.317 e. The van der Waals surface area contributed by atoms with E-state index in [1.54, 1.807) is 0 Å². The quantitative estimate of drug-likeness (QED) is 0.642. The van der Waals surface area contributed by atoms with Gasteiger partial charge in [0.1, 0.15) is 5.75 Å². The van der Waals surface area contributed by atoms with Gasteiger partial charge in [-0.15, -0.1) is 0 Å². The molecule has 1 aliphatic rings. The van der Waals surface area contributed by atoms with E-state index in [2.05, 4.69) is 5.32 Å². The van der Waals surface area contributed by atoms with Crippen LogP contribution >= 0.6 is 0 Å². The lowest BCUT2D eigenvalue weighted by Gasteiger charge is -2.16. The third kappa shape index (κ3) is 4.31. The van der Waals surface area contributed by atoms with Crippen molar-refractivity contribution < 1.29 is 27.5 Å². The van der Waals surface area contributed by atoms with E-state index in [-0.39, 0.29) is 16.3 Å². The second-order valence-corrected chi connectivity index (χ2v) is 9.37. The first kappa shape index (κ1) is 21.8. The van der Waals surface area contributed by atoms with Crippen LogP contribution in [0.25, 0.3) is 0 Å². The number of rotatable bonds is 8. The number of esters is 1. The molecule has 2 aromatic carbocycles. The molecule has 0 radical (unpaired) electrons. The topological polar surface area (TPSA) is 102 Å². The van der Waals surface area contributed by atoms with E-state index < -0.39 is 33.9 Å². The van der Waals surface area contributed by atoms with E-state index in [0.717, 1.165) is 9.87 Å². The SMILES string of the molecule is COc1ccc(S(=O)(=O)N(C)C)cc1NC(=O)COC(=O)C1(c2ccccc2)CC1. The molecule has 160 valence electrons. The monoisotopic (exact) mass is 432 g/mol. The number of nitrogens with one attached hydrogen (secondary N) is 1. The summed E-state index contributed by atoms with van der Waals surface area (Å²) in [5, 5.41) is 2.56. The summed E-state index contributed by atoms with van der Waals surface area (Å²) in [6.45, 7) is -0.485. The highest BCUT2D eigenvalue weighted by molar-refractivity contribution is 7.89. The molecule has 1 N–H and O–H groups in total. The minimum absolute atomic E-state index is 0.00149. The molecule has 0 spiro atoms. The van der Waals surface area contributed by atoms with E-state index in [9.17, 15) is 18.0 Å². The molecule has 1 amide bonds. The van der Waals surface area contributed by atoms with Crippen molar-refractivity contribution >= 4 is 27.6 Å². The maximum atomic E-state index is 12.6. The summed E-state index contributed by atoms with van der Waals surface area (Å²) in [4.78, 5) is 24.9. The van der Waals surface area contributed by atoms with Gasteiger partial charge in [0, 0.05) is 14.1 Å². The fraction of sp³-hybridized carbons (Fsp3) is 0.333. The summed E-state index contributed by atoms with van der Waals surface area (Å²) in [5.74, 6) is -0.750. The largest absolute Gasteiger partial charge is 0.495 e. The first-order chi connectivity index (χ1) is 14.2. The summed E-state index contributed by atoms with van der Waals surface area (Å²) in [5.41, 5.74) is 0.364. The van der Waals surface area contributed by atoms with Gasteiger partial charge in [-0.2, -0.15) is 0 Å². The van der Waals surface area contributed by atoms with Gasteiger partial charge in [0.05, 0.1) is 23.1 Å². The zero-order chi connectivity index (χ0) is 21.9. The molecule has 0 heterocycles. The van der Waals surface area contributed by atoms with E-state index in [1.165, 1.54) is 39.4 Å².